The molecule has 2 N–H and O–H groups in total. The molecule has 0 aliphatic heterocycles. The van der Waals surface area contributed by atoms with Crippen molar-refractivity contribution >= 4 is 23.2 Å². The van der Waals surface area contributed by atoms with Crippen LogP contribution in [0.25, 0.3) is 0 Å². The molecule has 0 radical (unpaired) electrons. The highest BCUT2D eigenvalue weighted by atomic mass is 35.5. The molecule has 2 nitrogen and oxygen atoms in total. The Kier molecular flexibility index (Phi) is 4.64. The summed E-state index contributed by atoms with van der Waals surface area (Å²) in [5.41, 5.74) is 7.11. The first-order valence-electron chi connectivity index (χ1n) is 5.65. The molecule has 0 aromatic heterocycles. The number of rotatable bonds is 4. The van der Waals surface area contributed by atoms with Gasteiger partial charge < -0.3 is 10.5 Å². The smallest absolute Gasteiger partial charge is 0.138 e. The molecule has 0 aliphatic carbocycles. The van der Waals surface area contributed by atoms with Gasteiger partial charge in [-0.25, -0.2) is 4.39 Å². The number of halogens is 3. The Bertz CT molecular complexity index is 590. The fraction of sp³-hybridized carbons (Fsp3) is 0.143. The standard InChI is InChI=1S/C14H12Cl2FNO/c15-11-2-4-14(13(16)6-11)19-8-9-1-3-12(17)5-10(9)7-18/h1-6H,7-8,18H2. The van der Waals surface area contributed by atoms with Crippen molar-refractivity contribution in [2.45, 2.75) is 13.2 Å². The fourth-order valence-electron chi connectivity index (χ4n) is 1.67. The molecule has 0 spiro atoms. The van der Waals surface area contributed by atoms with E-state index in [4.69, 9.17) is 33.7 Å². The van der Waals surface area contributed by atoms with Crippen LogP contribution in [0, 0.1) is 5.82 Å². The first kappa shape index (κ1) is 14.1. The van der Waals surface area contributed by atoms with E-state index in [1.807, 2.05) is 0 Å². The maximum Gasteiger partial charge on any atom is 0.138 e. The van der Waals surface area contributed by atoms with Crippen molar-refractivity contribution in [3.05, 3.63) is 63.4 Å². The SMILES string of the molecule is NCc1cc(F)ccc1COc1ccc(Cl)cc1Cl. The Morgan fingerprint density at radius 3 is 2.53 bits per heavy atom. The average Bonchev–Trinajstić information content (AvgIpc) is 2.39. The van der Waals surface area contributed by atoms with Gasteiger partial charge in [0.15, 0.2) is 0 Å². The molecule has 0 aliphatic rings. The maximum absolute atomic E-state index is 13.1. The van der Waals surface area contributed by atoms with E-state index in [2.05, 4.69) is 0 Å². The van der Waals surface area contributed by atoms with Gasteiger partial charge in [0.2, 0.25) is 0 Å². The summed E-state index contributed by atoms with van der Waals surface area (Å²) in [5, 5.41) is 0.977. The van der Waals surface area contributed by atoms with Crippen molar-refractivity contribution in [3.8, 4) is 5.75 Å². The van der Waals surface area contributed by atoms with Crippen LogP contribution < -0.4 is 10.5 Å². The highest BCUT2D eigenvalue weighted by Crippen LogP contribution is 2.28. The van der Waals surface area contributed by atoms with Crippen LogP contribution in [0.1, 0.15) is 11.1 Å². The minimum atomic E-state index is -0.311. The van der Waals surface area contributed by atoms with Crippen LogP contribution in [-0.2, 0) is 13.2 Å². The van der Waals surface area contributed by atoms with Gasteiger partial charge in [-0.1, -0.05) is 29.3 Å². The summed E-state index contributed by atoms with van der Waals surface area (Å²) >= 11 is 11.8. The third-order valence-electron chi connectivity index (χ3n) is 2.67. The predicted molar refractivity (Wildman–Crippen MR) is 75.1 cm³/mol. The summed E-state index contributed by atoms with van der Waals surface area (Å²) in [6.45, 7) is 0.527. The third kappa shape index (κ3) is 3.60. The topological polar surface area (TPSA) is 35.2 Å². The van der Waals surface area contributed by atoms with Gasteiger partial charge in [-0.3, -0.25) is 0 Å². The molecule has 2 aromatic carbocycles. The van der Waals surface area contributed by atoms with Gasteiger partial charge in [0, 0.05) is 11.6 Å². The lowest BCUT2D eigenvalue weighted by Crippen LogP contribution is -2.05. The van der Waals surface area contributed by atoms with E-state index in [0.29, 0.717) is 21.4 Å². The zero-order valence-electron chi connectivity index (χ0n) is 10.00. The summed E-state index contributed by atoms with van der Waals surface area (Å²) in [4.78, 5) is 0. The number of nitrogens with two attached hydrogens (primary N) is 1. The Morgan fingerprint density at radius 2 is 1.84 bits per heavy atom. The van der Waals surface area contributed by atoms with Gasteiger partial charge >= 0.3 is 0 Å². The largest absolute Gasteiger partial charge is 0.487 e. The summed E-state index contributed by atoms with van der Waals surface area (Å²) < 4.78 is 18.7. The molecule has 0 heterocycles. The normalized spacial score (nSPS) is 10.5. The minimum Gasteiger partial charge on any atom is -0.487 e. The van der Waals surface area contributed by atoms with E-state index in [0.717, 1.165) is 5.56 Å². The van der Waals surface area contributed by atoms with Gasteiger partial charge in [-0.15, -0.1) is 0 Å². The number of ether oxygens (including phenoxy) is 1. The van der Waals surface area contributed by atoms with E-state index in [1.165, 1.54) is 12.1 Å². The van der Waals surface area contributed by atoms with Crippen LogP contribution in [0.5, 0.6) is 5.75 Å². The molecule has 0 fully saturated rings. The molecule has 2 rings (SSSR count). The van der Waals surface area contributed by atoms with Gasteiger partial charge in [0.1, 0.15) is 18.2 Å². The molecule has 0 unspecified atom stereocenters. The van der Waals surface area contributed by atoms with Gasteiger partial charge in [-0.2, -0.15) is 0 Å². The highest BCUT2D eigenvalue weighted by Gasteiger charge is 2.06. The average molecular weight is 300 g/mol. The van der Waals surface area contributed by atoms with Gasteiger partial charge in [0.05, 0.1) is 5.02 Å². The van der Waals surface area contributed by atoms with E-state index in [9.17, 15) is 4.39 Å². The van der Waals surface area contributed by atoms with Crippen molar-refractivity contribution in [1.29, 1.82) is 0 Å². The quantitative estimate of drug-likeness (QED) is 0.919. The van der Waals surface area contributed by atoms with Crippen molar-refractivity contribution in [2.75, 3.05) is 0 Å². The van der Waals surface area contributed by atoms with E-state index in [1.54, 1.807) is 24.3 Å². The van der Waals surface area contributed by atoms with Gasteiger partial charge in [0.25, 0.3) is 0 Å². The molecule has 0 atom stereocenters. The van der Waals surface area contributed by atoms with Crippen molar-refractivity contribution in [3.63, 3.8) is 0 Å². The molecule has 0 bridgehead atoms. The lowest BCUT2D eigenvalue weighted by Gasteiger charge is -2.11. The summed E-state index contributed by atoms with van der Waals surface area (Å²) in [6, 6.07) is 9.42. The number of benzene rings is 2. The first-order valence-corrected chi connectivity index (χ1v) is 6.41. The molecular weight excluding hydrogens is 288 g/mol. The molecule has 19 heavy (non-hydrogen) atoms. The second-order valence-corrected chi connectivity index (χ2v) is 4.82. The molecule has 2 aromatic rings. The molecule has 0 saturated heterocycles. The predicted octanol–water partition coefficient (Wildman–Crippen LogP) is 4.17. The van der Waals surface area contributed by atoms with Crippen molar-refractivity contribution < 1.29 is 9.13 Å². The van der Waals surface area contributed by atoms with E-state index >= 15 is 0 Å². The van der Waals surface area contributed by atoms with Crippen molar-refractivity contribution in [2.24, 2.45) is 5.73 Å². The van der Waals surface area contributed by atoms with Crippen LogP contribution in [0.4, 0.5) is 4.39 Å². The molecular formula is C14H12Cl2FNO. The third-order valence-corrected chi connectivity index (χ3v) is 3.20. The number of hydrogen-bond donors (Lipinski definition) is 1. The summed E-state index contributed by atoms with van der Waals surface area (Å²) in [6.07, 6.45) is 0. The van der Waals surface area contributed by atoms with Crippen LogP contribution in [0.3, 0.4) is 0 Å². The lowest BCUT2D eigenvalue weighted by molar-refractivity contribution is 0.305. The Hall–Kier alpha value is -1.29. The first-order chi connectivity index (χ1) is 9.10. The van der Waals surface area contributed by atoms with E-state index in [-0.39, 0.29) is 19.0 Å². The van der Waals surface area contributed by atoms with Crippen LogP contribution in [0.15, 0.2) is 36.4 Å². The molecule has 0 saturated carbocycles. The van der Waals surface area contributed by atoms with Gasteiger partial charge in [-0.05, 0) is 41.5 Å². The molecule has 5 heteroatoms. The summed E-state index contributed by atoms with van der Waals surface area (Å²) in [5.74, 6) is 0.215. The zero-order valence-corrected chi connectivity index (χ0v) is 11.5. The second-order valence-electron chi connectivity index (χ2n) is 3.98. The number of hydrogen-bond acceptors (Lipinski definition) is 2. The molecule has 100 valence electrons. The lowest BCUT2D eigenvalue weighted by atomic mass is 10.1. The Morgan fingerprint density at radius 1 is 1.05 bits per heavy atom. The van der Waals surface area contributed by atoms with Crippen LogP contribution in [-0.4, -0.2) is 0 Å². The fourth-order valence-corrected chi connectivity index (χ4v) is 2.14. The maximum atomic E-state index is 13.1. The van der Waals surface area contributed by atoms with Crippen LogP contribution in [0.2, 0.25) is 10.0 Å². The Labute approximate surface area is 120 Å². The minimum absolute atomic E-state index is 0.255. The highest BCUT2D eigenvalue weighted by molar-refractivity contribution is 6.35. The Balaban J connectivity index is 2.14. The van der Waals surface area contributed by atoms with Crippen LogP contribution >= 0.6 is 23.2 Å². The zero-order chi connectivity index (χ0) is 13.8. The monoisotopic (exact) mass is 299 g/mol. The van der Waals surface area contributed by atoms with E-state index < -0.39 is 0 Å². The summed E-state index contributed by atoms with van der Waals surface area (Å²) in [7, 11) is 0. The second kappa shape index (κ2) is 6.24. The van der Waals surface area contributed by atoms with Crippen molar-refractivity contribution in [1.82, 2.24) is 0 Å². The molecule has 0 amide bonds.